The van der Waals surface area contributed by atoms with Crippen LogP contribution in [0.15, 0.2) is 54.7 Å². The first kappa shape index (κ1) is 32.2. The first-order valence-corrected chi connectivity index (χ1v) is 13.6. The van der Waals surface area contributed by atoms with Crippen molar-refractivity contribution in [3.8, 4) is 0 Å². The molecule has 0 aliphatic carbocycles. The van der Waals surface area contributed by atoms with E-state index in [-0.39, 0.29) is 18.9 Å². The fourth-order valence-electron chi connectivity index (χ4n) is 4.32. The number of nitrogens with one attached hydrogen (secondary N) is 3. The molecule has 0 unspecified atom stereocenters. The van der Waals surface area contributed by atoms with Crippen LogP contribution in [0, 0.1) is 11.8 Å². The lowest BCUT2D eigenvalue weighted by Gasteiger charge is -2.31. The Morgan fingerprint density at radius 3 is 2.40 bits per heavy atom. The van der Waals surface area contributed by atoms with Gasteiger partial charge in [-0.15, -0.1) is 0 Å². The number of rotatable bonds is 17. The molecule has 2 aromatic rings. The molecule has 0 bridgehead atoms. The Bertz CT molecular complexity index is 1050. The van der Waals surface area contributed by atoms with Gasteiger partial charge in [-0.2, -0.15) is 0 Å². The van der Waals surface area contributed by atoms with Crippen molar-refractivity contribution in [2.24, 2.45) is 11.8 Å². The van der Waals surface area contributed by atoms with Crippen molar-refractivity contribution in [1.82, 2.24) is 20.7 Å². The molecule has 40 heavy (non-hydrogen) atoms. The Kier molecular flexibility index (Phi) is 14.2. The number of pyridine rings is 1. The number of amides is 4. The van der Waals surface area contributed by atoms with E-state index in [0.29, 0.717) is 49.5 Å². The Labute approximate surface area is 235 Å². The Balaban J connectivity index is 1.99. The van der Waals surface area contributed by atoms with Crippen LogP contribution in [0.25, 0.3) is 0 Å². The van der Waals surface area contributed by atoms with Gasteiger partial charge in [-0.3, -0.25) is 19.6 Å². The number of hydroxylamine groups is 2. The molecular formula is C29H41N5O6. The van der Waals surface area contributed by atoms with E-state index < -0.39 is 35.9 Å². The van der Waals surface area contributed by atoms with E-state index in [1.165, 1.54) is 0 Å². The monoisotopic (exact) mass is 555 g/mol. The molecule has 0 aliphatic rings. The normalized spacial score (nSPS) is 13.0. The molecule has 0 saturated carbocycles. The van der Waals surface area contributed by atoms with Gasteiger partial charge < -0.3 is 20.7 Å². The lowest BCUT2D eigenvalue weighted by Crippen LogP contribution is -2.51. The van der Waals surface area contributed by atoms with E-state index in [1.54, 1.807) is 31.3 Å². The zero-order chi connectivity index (χ0) is 29.3. The van der Waals surface area contributed by atoms with Crippen LogP contribution in [-0.4, -0.2) is 58.2 Å². The van der Waals surface area contributed by atoms with Gasteiger partial charge in [0.2, 0.25) is 18.2 Å². The summed E-state index contributed by atoms with van der Waals surface area (Å²) in [5, 5.41) is 18.9. The third kappa shape index (κ3) is 11.4. The van der Waals surface area contributed by atoms with Crippen LogP contribution in [0.5, 0.6) is 0 Å². The molecule has 0 aliphatic heterocycles. The van der Waals surface area contributed by atoms with Gasteiger partial charge in [0.05, 0.1) is 12.0 Å². The predicted octanol–water partition coefficient (Wildman–Crippen LogP) is 3.89. The number of carbonyl (C=O) groups is 4. The van der Waals surface area contributed by atoms with E-state index in [4.69, 9.17) is 4.74 Å². The molecule has 11 heteroatoms. The minimum absolute atomic E-state index is 0.110. The quantitative estimate of drug-likeness (QED) is 0.100. The molecule has 11 nitrogen and oxygen atoms in total. The van der Waals surface area contributed by atoms with Gasteiger partial charge in [0.25, 0.3) is 0 Å². The minimum atomic E-state index is -0.893. The number of anilines is 1. The fourth-order valence-corrected chi connectivity index (χ4v) is 4.32. The van der Waals surface area contributed by atoms with Gasteiger partial charge in [-0.05, 0) is 55.7 Å². The molecule has 3 atom stereocenters. The fraction of sp³-hybridized carbons (Fsp3) is 0.483. The Morgan fingerprint density at radius 2 is 1.77 bits per heavy atom. The Morgan fingerprint density at radius 1 is 1.05 bits per heavy atom. The summed E-state index contributed by atoms with van der Waals surface area (Å²) in [6, 6.07) is 12.8. The predicted molar refractivity (Wildman–Crippen MR) is 150 cm³/mol. The molecule has 0 saturated heterocycles. The van der Waals surface area contributed by atoms with Crippen molar-refractivity contribution in [2.45, 2.75) is 71.6 Å². The number of alkyl carbamates (subject to hydrolysis) is 1. The van der Waals surface area contributed by atoms with E-state index >= 15 is 0 Å². The van der Waals surface area contributed by atoms with Gasteiger partial charge in [0.15, 0.2) is 0 Å². The van der Waals surface area contributed by atoms with Gasteiger partial charge in [0.1, 0.15) is 18.5 Å². The van der Waals surface area contributed by atoms with Crippen LogP contribution in [0.2, 0.25) is 0 Å². The van der Waals surface area contributed by atoms with Crippen LogP contribution in [0.4, 0.5) is 10.6 Å². The summed E-state index contributed by atoms with van der Waals surface area (Å²) >= 11 is 0. The van der Waals surface area contributed by atoms with Crippen LogP contribution in [0.1, 0.15) is 58.4 Å². The Hall–Kier alpha value is -3.99. The minimum Gasteiger partial charge on any atom is -0.445 e. The van der Waals surface area contributed by atoms with Crippen LogP contribution in [-0.2, 0) is 25.7 Å². The standard InChI is InChI=1S/C29H41N5O6/c1-4-25(34(39)20-35)23(18-21(2)3)27(36)32-24(28(37)33-26-15-9-11-16-30-26)14-8-10-17-31-29(38)40-19-22-12-6-5-7-13-22/h5-7,9,11-13,15-16,20-21,23-25,39H,4,8,10,14,17-19H2,1-3H3,(H,31,38)(H,32,36)(H,30,33,37)/t23-,24+,25+/m1/s1. The van der Waals surface area contributed by atoms with Gasteiger partial charge in [-0.25, -0.2) is 14.8 Å². The molecule has 2 rings (SSSR count). The summed E-state index contributed by atoms with van der Waals surface area (Å²) in [4.78, 5) is 53.9. The molecule has 4 amide bonds. The number of benzene rings is 1. The SMILES string of the molecule is CC[C@@H]([C@@H](CC(C)C)C(=O)N[C@@H](CCCCNC(=O)OCc1ccccc1)C(=O)Nc1ccccn1)N(O)C=O. The zero-order valence-electron chi connectivity index (χ0n) is 23.4. The molecule has 0 radical (unpaired) electrons. The van der Waals surface area contributed by atoms with E-state index in [1.807, 2.05) is 44.2 Å². The van der Waals surface area contributed by atoms with Gasteiger partial charge in [-0.1, -0.05) is 57.2 Å². The summed E-state index contributed by atoms with van der Waals surface area (Å²) in [6.45, 7) is 6.17. The largest absolute Gasteiger partial charge is 0.445 e. The van der Waals surface area contributed by atoms with Crippen molar-refractivity contribution in [3.05, 3.63) is 60.3 Å². The number of aromatic nitrogens is 1. The second-order valence-electron chi connectivity index (χ2n) is 9.95. The summed E-state index contributed by atoms with van der Waals surface area (Å²) < 4.78 is 5.21. The molecule has 218 valence electrons. The highest BCUT2D eigenvalue weighted by Gasteiger charge is 2.34. The second kappa shape index (κ2) is 17.6. The van der Waals surface area contributed by atoms with E-state index in [2.05, 4.69) is 20.9 Å². The maximum atomic E-state index is 13.4. The number of carbonyl (C=O) groups excluding carboxylic acids is 4. The maximum Gasteiger partial charge on any atom is 0.407 e. The maximum absolute atomic E-state index is 13.4. The highest BCUT2D eigenvalue weighted by Crippen LogP contribution is 2.22. The smallest absolute Gasteiger partial charge is 0.407 e. The molecule has 1 aromatic carbocycles. The van der Waals surface area contributed by atoms with Crippen molar-refractivity contribution in [1.29, 1.82) is 0 Å². The summed E-state index contributed by atoms with van der Waals surface area (Å²) in [7, 11) is 0. The third-order valence-corrected chi connectivity index (χ3v) is 6.34. The second-order valence-corrected chi connectivity index (χ2v) is 9.95. The topological polar surface area (TPSA) is 150 Å². The summed E-state index contributed by atoms with van der Waals surface area (Å²) in [6.07, 6.45) is 3.44. The van der Waals surface area contributed by atoms with Crippen molar-refractivity contribution < 1.29 is 29.1 Å². The highest BCUT2D eigenvalue weighted by molar-refractivity contribution is 5.96. The van der Waals surface area contributed by atoms with Crippen LogP contribution in [0.3, 0.4) is 0 Å². The average Bonchev–Trinajstić information content (AvgIpc) is 2.95. The zero-order valence-corrected chi connectivity index (χ0v) is 23.4. The number of nitrogens with zero attached hydrogens (tertiary/aromatic N) is 2. The van der Waals surface area contributed by atoms with Crippen LogP contribution >= 0.6 is 0 Å². The molecule has 1 heterocycles. The first-order chi connectivity index (χ1) is 19.2. The van der Waals surface area contributed by atoms with E-state index in [0.717, 1.165) is 5.56 Å². The molecule has 0 spiro atoms. The van der Waals surface area contributed by atoms with Gasteiger partial charge >= 0.3 is 6.09 Å². The number of hydrogen-bond donors (Lipinski definition) is 4. The molecule has 1 aromatic heterocycles. The lowest BCUT2D eigenvalue weighted by atomic mass is 9.87. The molecule has 0 fully saturated rings. The molecule has 4 N–H and O–H groups in total. The van der Waals surface area contributed by atoms with E-state index in [9.17, 15) is 24.4 Å². The highest BCUT2D eigenvalue weighted by atomic mass is 16.5. The average molecular weight is 556 g/mol. The van der Waals surface area contributed by atoms with Crippen molar-refractivity contribution in [3.63, 3.8) is 0 Å². The third-order valence-electron chi connectivity index (χ3n) is 6.34. The van der Waals surface area contributed by atoms with Crippen LogP contribution < -0.4 is 16.0 Å². The van der Waals surface area contributed by atoms with Gasteiger partial charge in [0, 0.05) is 12.7 Å². The summed E-state index contributed by atoms with van der Waals surface area (Å²) in [5.41, 5.74) is 0.883. The number of unbranched alkanes of at least 4 members (excludes halogenated alkanes) is 1. The van der Waals surface area contributed by atoms with Crippen molar-refractivity contribution >= 4 is 30.1 Å². The first-order valence-electron chi connectivity index (χ1n) is 13.6. The number of ether oxygens (including phenoxy) is 1. The lowest BCUT2D eigenvalue weighted by molar-refractivity contribution is -0.169. The summed E-state index contributed by atoms with van der Waals surface area (Å²) in [5.74, 6) is -1.12. The molecular weight excluding hydrogens is 514 g/mol. The van der Waals surface area contributed by atoms with Crippen molar-refractivity contribution in [2.75, 3.05) is 11.9 Å². The number of hydrogen-bond acceptors (Lipinski definition) is 7.